The van der Waals surface area contributed by atoms with Crippen molar-refractivity contribution in [3.8, 4) is 5.75 Å². The Morgan fingerprint density at radius 2 is 1.60 bits per heavy atom. The maximum Gasteiger partial charge on any atom is 0.223 e. The first-order valence-electron chi connectivity index (χ1n) is 14.1. The zero-order valence-electron chi connectivity index (χ0n) is 22.9. The Kier molecular flexibility index (Phi) is 7.53. The van der Waals surface area contributed by atoms with Crippen molar-refractivity contribution in [3.05, 3.63) is 132 Å². The van der Waals surface area contributed by atoms with E-state index in [0.717, 1.165) is 59.5 Å². The first-order valence-corrected chi connectivity index (χ1v) is 14.1. The first kappa shape index (κ1) is 25.8. The highest BCUT2D eigenvalue weighted by Crippen LogP contribution is 2.35. The fourth-order valence-corrected chi connectivity index (χ4v) is 5.77. The van der Waals surface area contributed by atoms with Crippen molar-refractivity contribution < 1.29 is 9.53 Å². The number of aryl methyl sites for hydroxylation is 1. The number of aromatic nitrogens is 1. The molecule has 4 aromatic carbocycles. The zero-order chi connectivity index (χ0) is 27.3. The van der Waals surface area contributed by atoms with Crippen LogP contribution in [0.1, 0.15) is 34.6 Å². The summed E-state index contributed by atoms with van der Waals surface area (Å²) in [6, 6.07) is 35.2. The fourth-order valence-electron chi connectivity index (χ4n) is 5.77. The van der Waals surface area contributed by atoms with E-state index in [0.29, 0.717) is 13.0 Å². The van der Waals surface area contributed by atoms with Crippen molar-refractivity contribution in [1.82, 2.24) is 9.88 Å². The molecule has 1 aliphatic rings. The topological polar surface area (TPSA) is 48.6 Å². The lowest BCUT2D eigenvalue weighted by molar-refractivity contribution is -0.131. The van der Waals surface area contributed by atoms with Crippen LogP contribution in [0.25, 0.3) is 10.9 Å². The Morgan fingerprint density at radius 3 is 2.42 bits per heavy atom. The molecule has 40 heavy (non-hydrogen) atoms. The molecule has 5 aromatic rings. The van der Waals surface area contributed by atoms with Crippen molar-refractivity contribution in [2.75, 3.05) is 31.1 Å². The van der Waals surface area contributed by atoms with E-state index >= 15 is 0 Å². The molecule has 202 valence electrons. The van der Waals surface area contributed by atoms with E-state index in [1.165, 1.54) is 11.3 Å². The van der Waals surface area contributed by atoms with Gasteiger partial charge in [-0.1, -0.05) is 78.9 Å². The molecular weight excluding hydrogens is 494 g/mol. The molecule has 0 saturated carbocycles. The van der Waals surface area contributed by atoms with Gasteiger partial charge < -0.3 is 19.5 Å². The van der Waals surface area contributed by atoms with Crippen LogP contribution in [-0.4, -0.2) is 42.0 Å². The minimum absolute atomic E-state index is 0.0849. The van der Waals surface area contributed by atoms with Crippen molar-refractivity contribution in [3.63, 3.8) is 0 Å². The smallest absolute Gasteiger partial charge is 0.223 e. The van der Waals surface area contributed by atoms with E-state index in [1.807, 2.05) is 41.3 Å². The third-order valence-electron chi connectivity index (χ3n) is 7.97. The lowest BCUT2D eigenvalue weighted by Crippen LogP contribution is -2.49. The van der Waals surface area contributed by atoms with Crippen molar-refractivity contribution in [2.24, 2.45) is 0 Å². The van der Waals surface area contributed by atoms with Gasteiger partial charge in [0.2, 0.25) is 5.91 Å². The number of benzene rings is 4. The van der Waals surface area contributed by atoms with Crippen LogP contribution in [0, 0.1) is 6.92 Å². The molecule has 1 N–H and O–H groups in total. The molecule has 5 nitrogen and oxygen atoms in total. The van der Waals surface area contributed by atoms with Gasteiger partial charge in [0.1, 0.15) is 12.4 Å². The largest absolute Gasteiger partial charge is 0.489 e. The second kappa shape index (κ2) is 11.7. The maximum absolute atomic E-state index is 13.8. The summed E-state index contributed by atoms with van der Waals surface area (Å²) >= 11 is 0. The number of aromatic amines is 1. The number of carbonyl (C=O) groups is 1. The first-order chi connectivity index (χ1) is 19.7. The number of anilines is 1. The SMILES string of the molecule is Cc1ccccc1N1CCN(C(=O)C[C@@H](c2cccc(OCc3ccccc3)c2)c2c[nH]c3ccccc23)CC1. The monoisotopic (exact) mass is 529 g/mol. The second-order valence-corrected chi connectivity index (χ2v) is 10.5. The van der Waals surface area contributed by atoms with Crippen LogP contribution in [0.15, 0.2) is 109 Å². The summed E-state index contributed by atoms with van der Waals surface area (Å²) in [5, 5.41) is 1.15. The molecule has 1 aromatic heterocycles. The molecular formula is C35H35N3O2. The summed E-state index contributed by atoms with van der Waals surface area (Å²) in [5.74, 6) is 0.916. The molecule has 0 spiro atoms. The maximum atomic E-state index is 13.8. The third-order valence-corrected chi connectivity index (χ3v) is 7.97. The Balaban J connectivity index is 1.22. The molecule has 1 atom stereocenters. The second-order valence-electron chi connectivity index (χ2n) is 10.5. The van der Waals surface area contributed by atoms with Gasteiger partial charge >= 0.3 is 0 Å². The van der Waals surface area contributed by atoms with Gasteiger partial charge in [0, 0.05) is 61.3 Å². The van der Waals surface area contributed by atoms with Gasteiger partial charge in [0.15, 0.2) is 0 Å². The molecule has 0 aliphatic carbocycles. The average Bonchev–Trinajstić information content (AvgIpc) is 3.44. The van der Waals surface area contributed by atoms with E-state index in [-0.39, 0.29) is 11.8 Å². The van der Waals surface area contributed by atoms with E-state index in [2.05, 4.69) is 89.7 Å². The van der Waals surface area contributed by atoms with E-state index < -0.39 is 0 Å². The van der Waals surface area contributed by atoms with E-state index in [9.17, 15) is 4.79 Å². The Labute approximate surface area is 236 Å². The summed E-state index contributed by atoms with van der Waals surface area (Å²) in [6.07, 6.45) is 2.48. The number of amides is 1. The highest BCUT2D eigenvalue weighted by Gasteiger charge is 2.27. The Hall–Kier alpha value is -4.51. The number of hydrogen-bond donors (Lipinski definition) is 1. The van der Waals surface area contributed by atoms with E-state index in [1.54, 1.807) is 0 Å². The van der Waals surface area contributed by atoms with Crippen LogP contribution in [0.4, 0.5) is 5.69 Å². The van der Waals surface area contributed by atoms with Gasteiger partial charge in [0.25, 0.3) is 0 Å². The molecule has 6 rings (SSSR count). The number of rotatable bonds is 8. The van der Waals surface area contributed by atoms with Crippen LogP contribution in [0.2, 0.25) is 0 Å². The van der Waals surface area contributed by atoms with E-state index in [4.69, 9.17) is 4.74 Å². The summed E-state index contributed by atoms with van der Waals surface area (Å²) in [6.45, 7) is 5.80. The van der Waals surface area contributed by atoms with Gasteiger partial charge in [-0.25, -0.2) is 0 Å². The highest BCUT2D eigenvalue weighted by atomic mass is 16.5. The molecule has 0 bridgehead atoms. The summed E-state index contributed by atoms with van der Waals surface area (Å²) < 4.78 is 6.16. The predicted molar refractivity (Wildman–Crippen MR) is 162 cm³/mol. The molecule has 0 radical (unpaired) electrons. The van der Waals surface area contributed by atoms with Crippen LogP contribution in [-0.2, 0) is 11.4 Å². The van der Waals surface area contributed by atoms with Gasteiger partial charge in [-0.15, -0.1) is 0 Å². The number of para-hydroxylation sites is 2. The number of H-pyrrole nitrogens is 1. The number of hydrogen-bond acceptors (Lipinski definition) is 3. The molecule has 1 amide bonds. The summed E-state index contributed by atoms with van der Waals surface area (Å²) in [5.41, 5.74) is 6.97. The standard InChI is InChI=1S/C35H35N3O2/c1-26-10-5-8-17-34(26)37-18-20-38(21-19-37)35(39)23-31(32-24-36-33-16-7-6-15-30(32)33)28-13-9-14-29(22-28)40-25-27-11-3-2-4-12-27/h2-17,22,24,31,36H,18-21,23,25H2,1H3/t31-/m0/s1. The third kappa shape index (κ3) is 5.59. The fraction of sp³-hybridized carbons (Fsp3) is 0.229. The molecule has 1 aliphatic heterocycles. The van der Waals surface area contributed by atoms with Gasteiger partial charge in [-0.05, 0) is 53.4 Å². The van der Waals surface area contributed by atoms with Crippen LogP contribution in [0.5, 0.6) is 5.75 Å². The number of fused-ring (bicyclic) bond motifs is 1. The zero-order valence-corrected chi connectivity index (χ0v) is 22.9. The van der Waals surface area contributed by atoms with Gasteiger partial charge in [-0.2, -0.15) is 0 Å². The minimum Gasteiger partial charge on any atom is -0.489 e. The number of carbonyl (C=O) groups excluding carboxylic acids is 1. The normalized spacial score (nSPS) is 14.3. The molecule has 1 saturated heterocycles. The number of nitrogens with one attached hydrogen (secondary N) is 1. The molecule has 5 heteroatoms. The number of ether oxygens (including phenoxy) is 1. The Bertz CT molecular complexity index is 1580. The minimum atomic E-state index is -0.0849. The molecule has 2 heterocycles. The molecule has 0 unspecified atom stereocenters. The lowest BCUT2D eigenvalue weighted by Gasteiger charge is -2.37. The van der Waals surface area contributed by atoms with Crippen LogP contribution >= 0.6 is 0 Å². The van der Waals surface area contributed by atoms with Crippen molar-refractivity contribution in [2.45, 2.75) is 25.9 Å². The quantitative estimate of drug-likeness (QED) is 0.237. The predicted octanol–water partition coefficient (Wildman–Crippen LogP) is 6.93. The lowest BCUT2D eigenvalue weighted by atomic mass is 9.87. The van der Waals surface area contributed by atoms with Crippen molar-refractivity contribution in [1.29, 1.82) is 0 Å². The van der Waals surface area contributed by atoms with Crippen LogP contribution in [0.3, 0.4) is 0 Å². The summed E-state index contributed by atoms with van der Waals surface area (Å²) in [4.78, 5) is 21.6. The van der Waals surface area contributed by atoms with Crippen molar-refractivity contribution >= 4 is 22.5 Å². The number of piperazine rings is 1. The van der Waals surface area contributed by atoms with Crippen LogP contribution < -0.4 is 9.64 Å². The van der Waals surface area contributed by atoms with Gasteiger partial charge in [-0.3, -0.25) is 4.79 Å². The average molecular weight is 530 g/mol. The van der Waals surface area contributed by atoms with Gasteiger partial charge in [0.05, 0.1) is 0 Å². The molecule has 1 fully saturated rings. The number of nitrogens with zero attached hydrogens (tertiary/aromatic N) is 2. The highest BCUT2D eigenvalue weighted by molar-refractivity contribution is 5.86. The Morgan fingerprint density at radius 1 is 0.850 bits per heavy atom. The summed E-state index contributed by atoms with van der Waals surface area (Å²) in [7, 11) is 0.